The van der Waals surface area contributed by atoms with E-state index in [0.29, 0.717) is 17.6 Å². The standard InChI is InChI=1S/C20H27N3O3S/c1-12(2)16-9-17-14(11-26-18(17)7-13(16)3)8-19(24)22-23-20(27)21-10-15-5-4-6-25-15/h7,9,11-12,15H,4-6,8,10H2,1-3H3,(H,22,24)(H2,21,23,27). The predicted molar refractivity (Wildman–Crippen MR) is 110 cm³/mol. The van der Waals surface area contributed by atoms with E-state index >= 15 is 0 Å². The van der Waals surface area contributed by atoms with Gasteiger partial charge in [0, 0.05) is 24.1 Å². The van der Waals surface area contributed by atoms with Crippen molar-refractivity contribution < 1.29 is 13.9 Å². The van der Waals surface area contributed by atoms with Crippen molar-refractivity contribution >= 4 is 34.2 Å². The van der Waals surface area contributed by atoms with E-state index in [1.54, 1.807) is 6.26 Å². The number of ether oxygens (including phenoxy) is 1. The quantitative estimate of drug-likeness (QED) is 0.539. The lowest BCUT2D eigenvalue weighted by atomic mass is 9.95. The van der Waals surface area contributed by atoms with Crippen LogP contribution in [0.25, 0.3) is 11.0 Å². The molecule has 6 nitrogen and oxygen atoms in total. The van der Waals surface area contributed by atoms with Crippen molar-refractivity contribution in [2.45, 2.75) is 52.1 Å². The fraction of sp³-hybridized carbons (Fsp3) is 0.500. The van der Waals surface area contributed by atoms with Crippen molar-refractivity contribution in [3.8, 4) is 0 Å². The fourth-order valence-corrected chi connectivity index (χ4v) is 3.54. The summed E-state index contributed by atoms with van der Waals surface area (Å²) < 4.78 is 11.2. The Morgan fingerprint density at radius 2 is 2.15 bits per heavy atom. The van der Waals surface area contributed by atoms with Crippen LogP contribution in [0.5, 0.6) is 0 Å². The molecule has 146 valence electrons. The molecule has 27 heavy (non-hydrogen) atoms. The third-order valence-corrected chi connectivity index (χ3v) is 5.09. The number of hydrogen-bond acceptors (Lipinski definition) is 4. The molecule has 2 aromatic rings. The van der Waals surface area contributed by atoms with Gasteiger partial charge in [-0.15, -0.1) is 0 Å². The van der Waals surface area contributed by atoms with Gasteiger partial charge in [-0.2, -0.15) is 0 Å². The first kappa shape index (κ1) is 19.6. The van der Waals surface area contributed by atoms with Gasteiger partial charge in [0.05, 0.1) is 18.8 Å². The number of rotatable bonds is 5. The molecule has 1 unspecified atom stereocenters. The molecule has 7 heteroatoms. The number of hydrazine groups is 1. The van der Waals surface area contributed by atoms with Crippen molar-refractivity contribution in [2.75, 3.05) is 13.2 Å². The van der Waals surface area contributed by atoms with Crippen LogP contribution in [0, 0.1) is 6.92 Å². The van der Waals surface area contributed by atoms with Gasteiger partial charge in [0.15, 0.2) is 5.11 Å². The molecule has 1 aliphatic heterocycles. The summed E-state index contributed by atoms with van der Waals surface area (Å²) in [6.07, 6.45) is 4.18. The van der Waals surface area contributed by atoms with Gasteiger partial charge in [0.2, 0.25) is 5.91 Å². The molecule has 0 radical (unpaired) electrons. The summed E-state index contributed by atoms with van der Waals surface area (Å²) in [4.78, 5) is 12.3. The highest BCUT2D eigenvalue weighted by Crippen LogP contribution is 2.29. The summed E-state index contributed by atoms with van der Waals surface area (Å²) in [5, 5.41) is 4.42. The Bertz CT molecular complexity index is 825. The molecule has 0 spiro atoms. The van der Waals surface area contributed by atoms with Crippen LogP contribution < -0.4 is 16.2 Å². The molecule has 2 heterocycles. The average molecular weight is 390 g/mol. The average Bonchev–Trinajstić information content (AvgIpc) is 3.27. The molecule has 3 N–H and O–H groups in total. The maximum absolute atomic E-state index is 12.3. The minimum Gasteiger partial charge on any atom is -0.464 e. The Morgan fingerprint density at radius 3 is 2.85 bits per heavy atom. The first-order valence-corrected chi connectivity index (χ1v) is 9.79. The molecule has 1 aromatic heterocycles. The zero-order chi connectivity index (χ0) is 19.4. The van der Waals surface area contributed by atoms with Crippen LogP contribution >= 0.6 is 12.2 Å². The number of fused-ring (bicyclic) bond motifs is 1. The topological polar surface area (TPSA) is 75.5 Å². The monoisotopic (exact) mass is 389 g/mol. The summed E-state index contributed by atoms with van der Waals surface area (Å²) in [6.45, 7) is 7.85. The molecule has 3 rings (SSSR count). The van der Waals surface area contributed by atoms with Crippen LogP contribution in [-0.4, -0.2) is 30.3 Å². The second-order valence-corrected chi connectivity index (χ2v) is 7.72. The normalized spacial score (nSPS) is 16.7. The number of amides is 1. The third kappa shape index (κ3) is 4.99. The fourth-order valence-electron chi connectivity index (χ4n) is 3.40. The second kappa shape index (κ2) is 8.71. The zero-order valence-corrected chi connectivity index (χ0v) is 16.9. The largest absolute Gasteiger partial charge is 0.464 e. The highest BCUT2D eigenvalue weighted by Gasteiger charge is 2.16. The zero-order valence-electron chi connectivity index (χ0n) is 16.1. The molecule has 1 aliphatic rings. The molecular weight excluding hydrogens is 362 g/mol. The number of aryl methyl sites for hydroxylation is 1. The van der Waals surface area contributed by atoms with Gasteiger partial charge in [0.25, 0.3) is 0 Å². The van der Waals surface area contributed by atoms with Crippen LogP contribution in [0.3, 0.4) is 0 Å². The number of benzene rings is 1. The number of carbonyl (C=O) groups excluding carboxylic acids is 1. The van der Waals surface area contributed by atoms with Crippen LogP contribution in [0.4, 0.5) is 0 Å². The maximum Gasteiger partial charge on any atom is 0.242 e. The van der Waals surface area contributed by atoms with Crippen molar-refractivity contribution in [1.29, 1.82) is 0 Å². The molecule has 0 bridgehead atoms. The highest BCUT2D eigenvalue weighted by molar-refractivity contribution is 7.80. The summed E-state index contributed by atoms with van der Waals surface area (Å²) in [5.74, 6) is 0.241. The number of nitrogens with one attached hydrogen (secondary N) is 3. The SMILES string of the molecule is Cc1cc2occ(CC(=O)NNC(=S)NCC3CCCO3)c2cc1C(C)C. The first-order chi connectivity index (χ1) is 12.9. The Balaban J connectivity index is 1.54. The van der Waals surface area contributed by atoms with Gasteiger partial charge in [-0.05, 0) is 61.2 Å². The minimum absolute atomic E-state index is 0.175. The highest BCUT2D eigenvalue weighted by atomic mass is 32.1. The second-order valence-electron chi connectivity index (χ2n) is 7.32. The molecule has 0 saturated carbocycles. The Kier molecular flexibility index (Phi) is 6.34. The molecule has 1 saturated heterocycles. The van der Waals surface area contributed by atoms with Gasteiger partial charge in [0.1, 0.15) is 5.58 Å². The van der Waals surface area contributed by atoms with E-state index in [1.807, 2.05) is 6.07 Å². The molecular formula is C20H27N3O3S. The van der Waals surface area contributed by atoms with E-state index in [-0.39, 0.29) is 18.4 Å². The number of carbonyl (C=O) groups is 1. The molecule has 0 aliphatic carbocycles. The summed E-state index contributed by atoms with van der Waals surface area (Å²) in [7, 11) is 0. The van der Waals surface area contributed by atoms with E-state index in [9.17, 15) is 4.79 Å². The minimum atomic E-state index is -0.175. The molecule has 1 aromatic carbocycles. The Morgan fingerprint density at radius 1 is 1.33 bits per heavy atom. The van der Waals surface area contributed by atoms with Crippen LogP contribution in [-0.2, 0) is 16.0 Å². The lowest BCUT2D eigenvalue weighted by Gasteiger charge is -2.14. The third-order valence-electron chi connectivity index (χ3n) is 4.85. The summed E-state index contributed by atoms with van der Waals surface area (Å²) >= 11 is 5.18. The summed E-state index contributed by atoms with van der Waals surface area (Å²) in [6, 6.07) is 4.16. The van der Waals surface area contributed by atoms with E-state index in [4.69, 9.17) is 21.4 Å². The van der Waals surface area contributed by atoms with Gasteiger partial charge in [-0.3, -0.25) is 15.6 Å². The lowest BCUT2D eigenvalue weighted by Crippen LogP contribution is -2.48. The molecule has 1 amide bonds. The van der Waals surface area contributed by atoms with E-state index in [0.717, 1.165) is 36.0 Å². The molecule has 1 fully saturated rings. The number of thiocarbonyl (C=S) groups is 1. The van der Waals surface area contributed by atoms with Crippen molar-refractivity contribution in [3.63, 3.8) is 0 Å². The first-order valence-electron chi connectivity index (χ1n) is 9.39. The van der Waals surface area contributed by atoms with Gasteiger partial charge in [-0.1, -0.05) is 13.8 Å². The van der Waals surface area contributed by atoms with E-state index < -0.39 is 0 Å². The number of hydrogen-bond donors (Lipinski definition) is 3. The predicted octanol–water partition coefficient (Wildman–Crippen LogP) is 3.08. The van der Waals surface area contributed by atoms with Crippen LogP contribution in [0.1, 0.15) is 49.3 Å². The van der Waals surface area contributed by atoms with Crippen LogP contribution in [0.2, 0.25) is 0 Å². The maximum atomic E-state index is 12.3. The Hall–Kier alpha value is -2.12. The van der Waals surface area contributed by atoms with Gasteiger partial charge < -0.3 is 14.5 Å². The molecule has 1 atom stereocenters. The van der Waals surface area contributed by atoms with Crippen LogP contribution in [0.15, 0.2) is 22.8 Å². The Labute approximate surface area is 165 Å². The van der Waals surface area contributed by atoms with Gasteiger partial charge in [-0.25, -0.2) is 0 Å². The van der Waals surface area contributed by atoms with Gasteiger partial charge >= 0.3 is 0 Å². The smallest absolute Gasteiger partial charge is 0.242 e. The van der Waals surface area contributed by atoms with Crippen molar-refractivity contribution in [2.24, 2.45) is 0 Å². The van der Waals surface area contributed by atoms with Crippen molar-refractivity contribution in [3.05, 3.63) is 35.1 Å². The summed E-state index contributed by atoms with van der Waals surface area (Å²) in [5.41, 5.74) is 9.51. The number of furan rings is 1. The van der Waals surface area contributed by atoms with E-state index in [1.165, 1.54) is 11.1 Å². The van der Waals surface area contributed by atoms with E-state index in [2.05, 4.69) is 43.0 Å². The van der Waals surface area contributed by atoms with Crippen molar-refractivity contribution in [1.82, 2.24) is 16.2 Å². The lowest BCUT2D eigenvalue weighted by molar-refractivity contribution is -0.121.